The van der Waals surface area contributed by atoms with Crippen molar-refractivity contribution in [2.45, 2.75) is 32.4 Å². The molecule has 1 atom stereocenters. The number of carbonyl (C=O) groups is 1. The molecule has 0 unspecified atom stereocenters. The van der Waals surface area contributed by atoms with Crippen LogP contribution in [0.5, 0.6) is 5.75 Å². The van der Waals surface area contributed by atoms with Gasteiger partial charge in [-0.15, -0.1) is 0 Å². The number of hydrogen-bond acceptors (Lipinski definition) is 5. The second-order valence-corrected chi connectivity index (χ2v) is 7.67. The second kappa shape index (κ2) is 8.29. The predicted octanol–water partition coefficient (Wildman–Crippen LogP) is 4.77. The minimum Gasteiger partial charge on any atom is -0.483 e. The summed E-state index contributed by atoms with van der Waals surface area (Å²) in [5, 5.41) is 9.74. The van der Waals surface area contributed by atoms with Gasteiger partial charge in [-0.05, 0) is 24.6 Å². The SMILES string of the molecule is CC[C@@H](Oc1cc2sc(=O)n(CCC(=O)O)c2cc1Cl)c1ccc(Cl)cn1. The molecule has 3 rings (SSSR count). The van der Waals surface area contributed by atoms with E-state index < -0.39 is 5.97 Å². The molecular weight excluding hydrogens is 411 g/mol. The van der Waals surface area contributed by atoms with Gasteiger partial charge in [0.25, 0.3) is 0 Å². The van der Waals surface area contributed by atoms with Gasteiger partial charge in [0, 0.05) is 18.8 Å². The van der Waals surface area contributed by atoms with E-state index >= 15 is 0 Å². The van der Waals surface area contributed by atoms with Crippen molar-refractivity contribution in [3.8, 4) is 5.75 Å². The van der Waals surface area contributed by atoms with Crippen LogP contribution in [-0.2, 0) is 11.3 Å². The summed E-state index contributed by atoms with van der Waals surface area (Å²) in [7, 11) is 0. The molecule has 2 heterocycles. The summed E-state index contributed by atoms with van der Waals surface area (Å²) in [6.07, 6.45) is 1.77. The van der Waals surface area contributed by atoms with Gasteiger partial charge in [0.15, 0.2) is 0 Å². The van der Waals surface area contributed by atoms with Crippen LogP contribution in [-0.4, -0.2) is 20.6 Å². The number of ether oxygens (including phenoxy) is 1. The Morgan fingerprint density at radius 1 is 1.37 bits per heavy atom. The van der Waals surface area contributed by atoms with Crippen molar-refractivity contribution in [3.05, 3.63) is 55.9 Å². The standard InChI is InChI=1S/C18H16Cl2N2O4S/c1-2-14(12-4-3-10(19)9-21-12)26-15-8-16-13(7-11(15)20)22(18(25)27-16)6-5-17(23)24/h3-4,7-9,14H,2,5-6H2,1H3,(H,23,24)/t14-/m1/s1. The first kappa shape index (κ1) is 19.7. The summed E-state index contributed by atoms with van der Waals surface area (Å²) in [4.78, 5) is 27.0. The molecule has 0 fully saturated rings. The maximum Gasteiger partial charge on any atom is 0.308 e. The van der Waals surface area contributed by atoms with Crippen molar-refractivity contribution in [2.75, 3.05) is 0 Å². The fraction of sp³-hybridized carbons (Fsp3) is 0.278. The molecule has 27 heavy (non-hydrogen) atoms. The average Bonchev–Trinajstić information content (AvgIpc) is 2.93. The largest absolute Gasteiger partial charge is 0.483 e. The fourth-order valence-corrected chi connectivity index (χ4v) is 3.90. The van der Waals surface area contributed by atoms with Gasteiger partial charge in [0.1, 0.15) is 11.9 Å². The number of carboxylic acids is 1. The van der Waals surface area contributed by atoms with Crippen molar-refractivity contribution in [1.29, 1.82) is 0 Å². The van der Waals surface area contributed by atoms with Crippen LogP contribution in [0.3, 0.4) is 0 Å². The van der Waals surface area contributed by atoms with Crippen LogP contribution in [0.2, 0.25) is 10.0 Å². The molecule has 2 aromatic heterocycles. The smallest absolute Gasteiger partial charge is 0.308 e. The normalized spacial score (nSPS) is 12.3. The van der Waals surface area contributed by atoms with E-state index in [4.69, 9.17) is 33.0 Å². The quantitative estimate of drug-likeness (QED) is 0.588. The first-order valence-electron chi connectivity index (χ1n) is 8.21. The number of nitrogens with zero attached hydrogens (tertiary/aromatic N) is 2. The molecule has 0 aliphatic rings. The average molecular weight is 427 g/mol. The number of benzene rings is 1. The Labute approximate surface area is 168 Å². The van der Waals surface area contributed by atoms with Crippen molar-refractivity contribution >= 4 is 50.7 Å². The predicted molar refractivity (Wildman–Crippen MR) is 106 cm³/mol. The molecule has 3 aromatic rings. The highest BCUT2D eigenvalue weighted by molar-refractivity contribution is 7.16. The van der Waals surface area contributed by atoms with Crippen molar-refractivity contribution < 1.29 is 14.6 Å². The van der Waals surface area contributed by atoms with Crippen molar-refractivity contribution in [1.82, 2.24) is 9.55 Å². The third-order valence-corrected chi connectivity index (χ3v) is 5.45. The summed E-state index contributed by atoms with van der Waals surface area (Å²) in [6, 6.07) is 6.88. The highest BCUT2D eigenvalue weighted by Crippen LogP contribution is 2.35. The van der Waals surface area contributed by atoms with Gasteiger partial charge in [0.2, 0.25) is 0 Å². The molecule has 1 N–H and O–H groups in total. The lowest BCUT2D eigenvalue weighted by molar-refractivity contribution is -0.137. The van der Waals surface area contributed by atoms with E-state index in [2.05, 4.69) is 4.98 Å². The first-order valence-corrected chi connectivity index (χ1v) is 9.79. The Morgan fingerprint density at radius 3 is 2.78 bits per heavy atom. The Kier molecular flexibility index (Phi) is 6.04. The summed E-state index contributed by atoms with van der Waals surface area (Å²) >= 11 is 13.3. The summed E-state index contributed by atoms with van der Waals surface area (Å²) in [5.41, 5.74) is 1.33. The Bertz CT molecular complexity index is 1030. The van der Waals surface area contributed by atoms with Crippen LogP contribution in [0.25, 0.3) is 10.2 Å². The van der Waals surface area contributed by atoms with E-state index in [1.54, 1.807) is 30.5 Å². The molecule has 1 aromatic carbocycles. The number of carboxylic acid groups (broad SMARTS) is 1. The molecule has 0 bridgehead atoms. The van der Waals surface area contributed by atoms with Crippen LogP contribution < -0.4 is 9.61 Å². The molecule has 6 nitrogen and oxygen atoms in total. The van der Waals surface area contributed by atoms with Crippen LogP contribution in [0.1, 0.15) is 31.6 Å². The second-order valence-electron chi connectivity index (χ2n) is 5.83. The Morgan fingerprint density at radius 2 is 2.15 bits per heavy atom. The molecule has 9 heteroatoms. The lowest BCUT2D eigenvalue weighted by Crippen LogP contribution is -2.15. The lowest BCUT2D eigenvalue weighted by Gasteiger charge is -2.18. The summed E-state index contributed by atoms with van der Waals surface area (Å²) in [6.45, 7) is 2.06. The number of halogens is 2. The van der Waals surface area contributed by atoms with E-state index in [1.807, 2.05) is 6.92 Å². The molecule has 0 radical (unpaired) electrons. The fourth-order valence-electron chi connectivity index (χ4n) is 2.66. The van der Waals surface area contributed by atoms with Crippen molar-refractivity contribution in [2.24, 2.45) is 0 Å². The molecular formula is C18H16Cl2N2O4S. The minimum atomic E-state index is -0.964. The molecule has 0 saturated heterocycles. The number of fused-ring (bicyclic) bond motifs is 1. The Balaban J connectivity index is 1.93. The molecule has 0 saturated carbocycles. The van der Waals surface area contributed by atoms with Gasteiger partial charge < -0.3 is 9.84 Å². The molecule has 142 valence electrons. The number of aliphatic carboxylic acids is 1. The number of aromatic nitrogens is 2. The number of rotatable bonds is 7. The molecule has 0 spiro atoms. The third kappa shape index (κ3) is 4.43. The van der Waals surface area contributed by atoms with Gasteiger partial charge in [-0.1, -0.05) is 41.5 Å². The van der Waals surface area contributed by atoms with Crippen LogP contribution in [0.15, 0.2) is 35.3 Å². The highest BCUT2D eigenvalue weighted by Gasteiger charge is 2.17. The van der Waals surface area contributed by atoms with Gasteiger partial charge >= 0.3 is 10.8 Å². The van der Waals surface area contributed by atoms with Gasteiger partial charge in [0.05, 0.1) is 32.4 Å². The van der Waals surface area contributed by atoms with Gasteiger partial charge in [-0.3, -0.25) is 19.1 Å². The Hall–Kier alpha value is -2.09. The van der Waals surface area contributed by atoms with Gasteiger partial charge in [-0.25, -0.2) is 0 Å². The lowest BCUT2D eigenvalue weighted by atomic mass is 10.2. The highest BCUT2D eigenvalue weighted by atomic mass is 35.5. The van der Waals surface area contributed by atoms with E-state index in [1.165, 1.54) is 4.57 Å². The maximum absolute atomic E-state index is 12.2. The minimum absolute atomic E-state index is 0.0942. The van der Waals surface area contributed by atoms with E-state index in [9.17, 15) is 9.59 Å². The number of aryl methyl sites for hydroxylation is 1. The molecule has 0 aliphatic carbocycles. The molecule has 0 amide bonds. The number of thiazole rings is 1. The molecule has 0 aliphatic heterocycles. The van der Waals surface area contributed by atoms with Gasteiger partial charge in [-0.2, -0.15) is 0 Å². The van der Waals surface area contributed by atoms with Crippen LogP contribution in [0.4, 0.5) is 0 Å². The van der Waals surface area contributed by atoms with E-state index in [-0.39, 0.29) is 23.9 Å². The maximum atomic E-state index is 12.2. The number of pyridine rings is 1. The third-order valence-electron chi connectivity index (χ3n) is 3.99. The first-order chi connectivity index (χ1) is 12.9. The monoisotopic (exact) mass is 426 g/mol. The summed E-state index contributed by atoms with van der Waals surface area (Å²) in [5.74, 6) is -0.520. The van der Waals surface area contributed by atoms with Crippen molar-refractivity contribution in [3.63, 3.8) is 0 Å². The van der Waals surface area contributed by atoms with Crippen LogP contribution in [0, 0.1) is 0 Å². The van der Waals surface area contributed by atoms with Crippen LogP contribution >= 0.6 is 34.5 Å². The number of hydrogen-bond donors (Lipinski definition) is 1. The van der Waals surface area contributed by atoms with E-state index in [0.717, 1.165) is 17.0 Å². The zero-order valence-corrected chi connectivity index (χ0v) is 16.6. The van der Waals surface area contributed by atoms with E-state index in [0.29, 0.717) is 32.4 Å². The zero-order chi connectivity index (χ0) is 19.6. The summed E-state index contributed by atoms with van der Waals surface area (Å²) < 4.78 is 8.14. The zero-order valence-electron chi connectivity index (χ0n) is 14.3. The topological polar surface area (TPSA) is 81.4 Å².